The number of amides is 2. The summed E-state index contributed by atoms with van der Waals surface area (Å²) in [7, 11) is 0. The summed E-state index contributed by atoms with van der Waals surface area (Å²) >= 11 is 0. The van der Waals surface area contributed by atoms with Gasteiger partial charge in [0.15, 0.2) is 0 Å². The van der Waals surface area contributed by atoms with Gasteiger partial charge in [0.2, 0.25) is 5.91 Å². The van der Waals surface area contributed by atoms with E-state index in [1.54, 1.807) is 12.1 Å². The van der Waals surface area contributed by atoms with E-state index < -0.39 is 4.92 Å². The van der Waals surface area contributed by atoms with E-state index in [0.717, 1.165) is 6.42 Å². The van der Waals surface area contributed by atoms with Crippen LogP contribution in [0.3, 0.4) is 0 Å². The molecule has 2 rings (SSSR count). The summed E-state index contributed by atoms with van der Waals surface area (Å²) in [5.41, 5.74) is 0.696. The Bertz CT molecular complexity index is 714. The molecule has 2 N–H and O–H groups in total. The van der Waals surface area contributed by atoms with E-state index in [2.05, 4.69) is 10.6 Å². The Kier molecular flexibility index (Phi) is 7.74. The Morgan fingerprint density at radius 3 is 2.46 bits per heavy atom. The fraction of sp³-hybridized carbons (Fsp3) is 0.579. The second-order valence-corrected chi connectivity index (χ2v) is 7.20. The van der Waals surface area contributed by atoms with Crippen molar-refractivity contribution < 1.29 is 14.5 Å². The van der Waals surface area contributed by atoms with Gasteiger partial charge in [0.1, 0.15) is 5.69 Å². The number of hydrogen-bond donors (Lipinski definition) is 2. The van der Waals surface area contributed by atoms with E-state index in [1.165, 1.54) is 6.07 Å². The van der Waals surface area contributed by atoms with Crippen molar-refractivity contribution in [1.29, 1.82) is 0 Å². The molecule has 0 aromatic heterocycles. The molecule has 9 heteroatoms. The maximum Gasteiger partial charge on any atom is 0.293 e. The minimum absolute atomic E-state index is 0.00167. The van der Waals surface area contributed by atoms with Crippen molar-refractivity contribution in [3.8, 4) is 0 Å². The average Bonchev–Trinajstić information content (AvgIpc) is 2.66. The van der Waals surface area contributed by atoms with Crippen LogP contribution < -0.4 is 15.5 Å². The molecule has 9 nitrogen and oxygen atoms in total. The summed E-state index contributed by atoms with van der Waals surface area (Å²) in [5.74, 6) is -0.325. The van der Waals surface area contributed by atoms with Gasteiger partial charge in [-0.1, -0.05) is 6.92 Å². The van der Waals surface area contributed by atoms with Crippen LogP contribution in [-0.4, -0.2) is 66.9 Å². The highest BCUT2D eigenvalue weighted by molar-refractivity contribution is 5.96. The van der Waals surface area contributed by atoms with Crippen LogP contribution in [0.4, 0.5) is 11.4 Å². The monoisotopic (exact) mass is 391 g/mol. The highest BCUT2D eigenvalue weighted by Crippen LogP contribution is 2.30. The predicted octanol–water partition coefficient (Wildman–Crippen LogP) is 1.38. The molecule has 1 aliphatic rings. The van der Waals surface area contributed by atoms with Gasteiger partial charge in [0, 0.05) is 50.4 Å². The summed E-state index contributed by atoms with van der Waals surface area (Å²) < 4.78 is 0. The molecule has 1 saturated heterocycles. The van der Waals surface area contributed by atoms with Gasteiger partial charge in [-0.2, -0.15) is 0 Å². The molecule has 1 fully saturated rings. The lowest BCUT2D eigenvalue weighted by Gasteiger charge is -2.35. The van der Waals surface area contributed by atoms with Gasteiger partial charge >= 0.3 is 0 Å². The first-order chi connectivity index (χ1) is 13.3. The number of piperazine rings is 1. The Hall–Kier alpha value is -2.68. The largest absolute Gasteiger partial charge is 0.363 e. The zero-order chi connectivity index (χ0) is 20.7. The Morgan fingerprint density at radius 1 is 1.21 bits per heavy atom. The van der Waals surface area contributed by atoms with Crippen molar-refractivity contribution in [2.45, 2.75) is 33.2 Å². The third kappa shape index (κ3) is 5.91. The van der Waals surface area contributed by atoms with Crippen LogP contribution in [0.1, 0.15) is 37.6 Å². The number of hydrogen-bond acceptors (Lipinski definition) is 6. The molecule has 0 radical (unpaired) electrons. The van der Waals surface area contributed by atoms with Crippen molar-refractivity contribution in [3.63, 3.8) is 0 Å². The number of carbonyl (C=O) groups excluding carboxylic acids is 2. The smallest absolute Gasteiger partial charge is 0.293 e. The molecule has 154 valence electrons. The molecule has 0 atom stereocenters. The molecule has 0 saturated carbocycles. The quantitative estimate of drug-likeness (QED) is 0.512. The first-order valence-corrected chi connectivity index (χ1v) is 9.65. The number of nitro groups is 1. The molecular formula is C19H29N5O4. The lowest BCUT2D eigenvalue weighted by Crippen LogP contribution is -2.49. The highest BCUT2D eigenvalue weighted by atomic mass is 16.6. The van der Waals surface area contributed by atoms with Crippen LogP contribution in [0.2, 0.25) is 0 Å². The second-order valence-electron chi connectivity index (χ2n) is 7.20. The molecule has 0 spiro atoms. The highest BCUT2D eigenvalue weighted by Gasteiger charge is 2.25. The Balaban J connectivity index is 2.04. The zero-order valence-corrected chi connectivity index (χ0v) is 16.7. The minimum atomic E-state index is -0.452. The second kappa shape index (κ2) is 10.0. The van der Waals surface area contributed by atoms with Crippen LogP contribution in [-0.2, 0) is 4.79 Å². The SMILES string of the molecule is CCCNC(=O)CN1CCN(c2ccc(C(=O)NC(C)C)cc2[N+](=O)[O-])CC1. The summed E-state index contributed by atoms with van der Waals surface area (Å²) in [6.45, 7) is 9.14. The van der Waals surface area contributed by atoms with Crippen molar-refractivity contribution in [2.24, 2.45) is 0 Å². The van der Waals surface area contributed by atoms with E-state index in [4.69, 9.17) is 0 Å². The van der Waals surface area contributed by atoms with Crippen molar-refractivity contribution in [1.82, 2.24) is 15.5 Å². The van der Waals surface area contributed by atoms with Crippen molar-refractivity contribution in [2.75, 3.05) is 44.2 Å². The minimum Gasteiger partial charge on any atom is -0.363 e. The normalized spacial score (nSPS) is 14.8. The topological polar surface area (TPSA) is 108 Å². The molecule has 0 bridgehead atoms. The molecule has 1 heterocycles. The number of nitro benzene ring substituents is 1. The van der Waals surface area contributed by atoms with Crippen LogP contribution >= 0.6 is 0 Å². The van der Waals surface area contributed by atoms with E-state index in [-0.39, 0.29) is 29.1 Å². The Labute approximate surface area is 165 Å². The molecule has 28 heavy (non-hydrogen) atoms. The number of rotatable bonds is 8. The molecule has 1 aromatic rings. The molecule has 1 aromatic carbocycles. The molecule has 2 amide bonds. The summed E-state index contributed by atoms with van der Waals surface area (Å²) in [6.07, 6.45) is 0.897. The van der Waals surface area contributed by atoms with Crippen LogP contribution in [0.5, 0.6) is 0 Å². The molecule has 0 aliphatic carbocycles. The lowest BCUT2D eigenvalue weighted by atomic mass is 10.1. The van der Waals surface area contributed by atoms with Crippen LogP contribution in [0, 0.1) is 10.1 Å². The van der Waals surface area contributed by atoms with Crippen LogP contribution in [0.25, 0.3) is 0 Å². The van der Waals surface area contributed by atoms with Crippen molar-refractivity contribution >= 4 is 23.2 Å². The fourth-order valence-corrected chi connectivity index (χ4v) is 3.09. The van der Waals surface area contributed by atoms with Crippen molar-refractivity contribution in [3.05, 3.63) is 33.9 Å². The Morgan fingerprint density at radius 2 is 1.89 bits per heavy atom. The molecule has 0 unspecified atom stereocenters. The number of benzene rings is 1. The number of nitrogens with one attached hydrogen (secondary N) is 2. The van der Waals surface area contributed by atoms with E-state index in [9.17, 15) is 19.7 Å². The third-order valence-electron chi connectivity index (χ3n) is 4.51. The maximum absolute atomic E-state index is 12.1. The first kappa shape index (κ1) is 21.6. The van der Waals surface area contributed by atoms with Gasteiger partial charge in [0.05, 0.1) is 11.5 Å². The number of anilines is 1. The van der Waals surface area contributed by atoms with Gasteiger partial charge in [-0.15, -0.1) is 0 Å². The molecular weight excluding hydrogens is 362 g/mol. The van der Waals surface area contributed by atoms with Gasteiger partial charge in [-0.3, -0.25) is 24.6 Å². The first-order valence-electron chi connectivity index (χ1n) is 9.65. The zero-order valence-electron chi connectivity index (χ0n) is 16.7. The fourth-order valence-electron chi connectivity index (χ4n) is 3.09. The summed E-state index contributed by atoms with van der Waals surface area (Å²) in [4.78, 5) is 39.1. The maximum atomic E-state index is 12.1. The predicted molar refractivity (Wildman–Crippen MR) is 108 cm³/mol. The van der Waals surface area contributed by atoms with Gasteiger partial charge < -0.3 is 15.5 Å². The average molecular weight is 391 g/mol. The van der Waals surface area contributed by atoms with E-state index in [0.29, 0.717) is 45.0 Å². The lowest BCUT2D eigenvalue weighted by molar-refractivity contribution is -0.384. The number of nitrogens with zero attached hydrogens (tertiary/aromatic N) is 3. The third-order valence-corrected chi connectivity index (χ3v) is 4.51. The van der Waals surface area contributed by atoms with E-state index in [1.807, 2.05) is 30.6 Å². The number of carbonyl (C=O) groups is 2. The van der Waals surface area contributed by atoms with E-state index >= 15 is 0 Å². The van der Waals surface area contributed by atoms with Gasteiger partial charge in [-0.05, 0) is 32.4 Å². The van der Waals surface area contributed by atoms with Crippen LogP contribution in [0.15, 0.2) is 18.2 Å². The van der Waals surface area contributed by atoms with Gasteiger partial charge in [-0.25, -0.2) is 0 Å². The standard InChI is InChI=1S/C19H29N5O4/c1-4-7-20-18(25)13-22-8-10-23(11-9-22)16-6-5-15(12-17(16)24(27)28)19(26)21-14(2)3/h5-6,12,14H,4,7-11,13H2,1-3H3,(H,20,25)(H,21,26). The summed E-state index contributed by atoms with van der Waals surface area (Å²) in [5, 5.41) is 17.2. The molecule has 1 aliphatic heterocycles. The van der Waals surface area contributed by atoms with Gasteiger partial charge in [0.25, 0.3) is 11.6 Å². The summed E-state index contributed by atoms with van der Waals surface area (Å²) in [6, 6.07) is 4.54.